The van der Waals surface area contributed by atoms with E-state index in [1.165, 1.54) is 36.7 Å². The Morgan fingerprint density at radius 2 is 1.07 bits per heavy atom. The third-order valence-electron chi connectivity index (χ3n) is 11.1. The van der Waals surface area contributed by atoms with Gasteiger partial charge in [-0.3, -0.25) is 0 Å². The normalized spacial score (nSPS) is 11.9. The van der Waals surface area contributed by atoms with Crippen molar-refractivity contribution in [1.82, 2.24) is 19.5 Å². The predicted octanol–water partition coefficient (Wildman–Crippen LogP) is 13.9. The molecule has 0 spiro atoms. The highest BCUT2D eigenvalue weighted by atomic mass is 32.1. The van der Waals surface area contributed by atoms with Crippen LogP contribution in [0.2, 0.25) is 0 Å². The Hall–Kier alpha value is -7.41. The summed E-state index contributed by atoms with van der Waals surface area (Å²) in [7, 11) is 0. The van der Waals surface area contributed by atoms with Crippen molar-refractivity contribution >= 4 is 75.3 Å². The average molecular weight is 747 g/mol. The lowest BCUT2D eigenvalue weighted by atomic mass is 10.0. The highest BCUT2D eigenvalue weighted by Gasteiger charge is 2.21. The third kappa shape index (κ3) is 5.04. The van der Waals surface area contributed by atoms with E-state index in [0.717, 1.165) is 60.7 Å². The highest BCUT2D eigenvalue weighted by Crippen LogP contribution is 2.42. The predicted molar refractivity (Wildman–Crippen MR) is 236 cm³/mol. The second-order valence-corrected chi connectivity index (χ2v) is 15.4. The summed E-state index contributed by atoms with van der Waals surface area (Å²) in [5.74, 6) is 1.80. The molecule has 6 heteroatoms. The van der Waals surface area contributed by atoms with E-state index < -0.39 is 0 Å². The number of para-hydroxylation sites is 3. The summed E-state index contributed by atoms with van der Waals surface area (Å²) in [6.45, 7) is 0. The summed E-state index contributed by atoms with van der Waals surface area (Å²) in [5, 5.41) is 7.03. The van der Waals surface area contributed by atoms with Gasteiger partial charge < -0.3 is 8.98 Å². The zero-order valence-electron chi connectivity index (χ0n) is 30.4. The number of hydrogen-bond donors (Lipinski definition) is 0. The molecular weight excluding hydrogens is 717 g/mol. The van der Waals surface area contributed by atoms with Crippen molar-refractivity contribution < 1.29 is 4.42 Å². The zero-order chi connectivity index (χ0) is 37.5. The van der Waals surface area contributed by atoms with Crippen LogP contribution < -0.4 is 0 Å². The number of fused-ring (bicyclic) bond motifs is 9. The van der Waals surface area contributed by atoms with Crippen LogP contribution in [-0.4, -0.2) is 19.5 Å². The zero-order valence-corrected chi connectivity index (χ0v) is 31.2. The Morgan fingerprint density at radius 3 is 1.93 bits per heavy atom. The molecule has 4 heterocycles. The van der Waals surface area contributed by atoms with Gasteiger partial charge in [0.05, 0.1) is 11.0 Å². The van der Waals surface area contributed by atoms with Crippen LogP contribution in [0.4, 0.5) is 0 Å². The molecule has 0 unspecified atom stereocenters. The summed E-state index contributed by atoms with van der Waals surface area (Å²) in [4.78, 5) is 15.5. The van der Waals surface area contributed by atoms with Gasteiger partial charge in [0, 0.05) is 64.1 Å². The van der Waals surface area contributed by atoms with E-state index in [1.54, 1.807) is 0 Å². The highest BCUT2D eigenvalue weighted by molar-refractivity contribution is 7.26. The number of aromatic nitrogens is 4. The molecule has 0 atom stereocenters. The van der Waals surface area contributed by atoms with Crippen molar-refractivity contribution in [2.75, 3.05) is 0 Å². The van der Waals surface area contributed by atoms with E-state index in [0.29, 0.717) is 17.5 Å². The molecule has 4 aromatic heterocycles. The summed E-state index contributed by atoms with van der Waals surface area (Å²) < 4.78 is 11.5. The first kappa shape index (κ1) is 31.9. The largest absolute Gasteiger partial charge is 0.456 e. The van der Waals surface area contributed by atoms with Gasteiger partial charge in [0.2, 0.25) is 0 Å². The molecule has 0 radical (unpaired) electrons. The topological polar surface area (TPSA) is 56.7 Å². The number of rotatable bonds is 5. The molecule has 57 heavy (non-hydrogen) atoms. The second kappa shape index (κ2) is 12.6. The lowest BCUT2D eigenvalue weighted by Crippen LogP contribution is -2.02. The maximum atomic E-state index is 6.55. The van der Waals surface area contributed by atoms with E-state index in [9.17, 15) is 0 Å². The van der Waals surface area contributed by atoms with Crippen LogP contribution in [-0.2, 0) is 0 Å². The van der Waals surface area contributed by atoms with Crippen LogP contribution in [0.3, 0.4) is 0 Å². The van der Waals surface area contributed by atoms with Gasteiger partial charge in [0.25, 0.3) is 0 Å². The van der Waals surface area contributed by atoms with Gasteiger partial charge in [0.1, 0.15) is 11.2 Å². The maximum absolute atomic E-state index is 6.55. The van der Waals surface area contributed by atoms with E-state index in [2.05, 4.69) is 150 Å². The Kier molecular flexibility index (Phi) is 7.03. The van der Waals surface area contributed by atoms with Crippen molar-refractivity contribution in [1.29, 1.82) is 0 Å². The van der Waals surface area contributed by atoms with Crippen LogP contribution in [0.1, 0.15) is 0 Å². The van der Waals surface area contributed by atoms with Gasteiger partial charge in [-0.05, 0) is 65.7 Å². The molecule has 266 valence electrons. The molecule has 8 aromatic carbocycles. The molecule has 0 aliphatic rings. The van der Waals surface area contributed by atoms with Gasteiger partial charge in [-0.15, -0.1) is 11.3 Å². The molecule has 0 fully saturated rings. The number of benzene rings is 8. The molecular formula is C51H30N4OS. The molecule has 0 saturated carbocycles. The number of nitrogens with zero attached hydrogens (tertiary/aromatic N) is 4. The van der Waals surface area contributed by atoms with E-state index in [1.807, 2.05) is 47.7 Å². The molecule has 0 amide bonds. The lowest BCUT2D eigenvalue weighted by molar-refractivity contribution is 0.669. The fourth-order valence-electron chi connectivity index (χ4n) is 8.44. The van der Waals surface area contributed by atoms with Crippen molar-refractivity contribution in [3.63, 3.8) is 0 Å². The third-order valence-corrected chi connectivity index (χ3v) is 12.3. The summed E-state index contributed by atoms with van der Waals surface area (Å²) in [5.41, 5.74) is 9.99. The summed E-state index contributed by atoms with van der Waals surface area (Å²) in [6.07, 6.45) is 0. The minimum absolute atomic E-state index is 0.581. The van der Waals surface area contributed by atoms with Gasteiger partial charge in [0.15, 0.2) is 17.5 Å². The van der Waals surface area contributed by atoms with Crippen LogP contribution in [0.5, 0.6) is 0 Å². The smallest absolute Gasteiger partial charge is 0.166 e. The van der Waals surface area contributed by atoms with Crippen molar-refractivity contribution in [3.8, 4) is 51.0 Å². The molecule has 0 saturated heterocycles. The summed E-state index contributed by atoms with van der Waals surface area (Å²) in [6, 6.07) is 63.7. The Labute approximate surface area is 330 Å². The van der Waals surface area contributed by atoms with E-state index >= 15 is 0 Å². The molecule has 0 bridgehead atoms. The molecule has 0 N–H and O–H groups in total. The Morgan fingerprint density at radius 1 is 0.404 bits per heavy atom. The minimum atomic E-state index is 0.581. The number of thiophene rings is 1. The van der Waals surface area contributed by atoms with Gasteiger partial charge in [-0.1, -0.05) is 127 Å². The molecule has 5 nitrogen and oxygen atoms in total. The Balaban J connectivity index is 1.03. The standard InChI is InChI=1S/C51H30N4OS/c1-3-13-31(14-4-1)49-52-50(54-51(53-49)41-22-12-20-39-36-17-7-9-23-43(36)55(47(39)41)34-15-5-2-6-16-34)33-25-27-37-42-29-32(26-28-44(42)56-45(37)30-33)35-19-11-21-40-38-18-8-10-24-46(38)57-48(35)40/h1-30H. The van der Waals surface area contributed by atoms with Crippen molar-refractivity contribution in [3.05, 3.63) is 182 Å². The van der Waals surface area contributed by atoms with Gasteiger partial charge in [-0.25, -0.2) is 15.0 Å². The lowest BCUT2D eigenvalue weighted by Gasteiger charge is -2.12. The average Bonchev–Trinajstić information content (AvgIpc) is 3.96. The van der Waals surface area contributed by atoms with Crippen LogP contribution in [0, 0.1) is 0 Å². The van der Waals surface area contributed by atoms with E-state index in [4.69, 9.17) is 19.4 Å². The molecule has 0 aliphatic carbocycles. The van der Waals surface area contributed by atoms with E-state index in [-0.39, 0.29) is 0 Å². The van der Waals surface area contributed by atoms with Crippen LogP contribution in [0.25, 0.3) is 115 Å². The maximum Gasteiger partial charge on any atom is 0.166 e. The monoisotopic (exact) mass is 746 g/mol. The van der Waals surface area contributed by atoms with Crippen LogP contribution in [0.15, 0.2) is 186 Å². The van der Waals surface area contributed by atoms with Crippen molar-refractivity contribution in [2.45, 2.75) is 0 Å². The number of furan rings is 1. The molecule has 12 rings (SSSR count). The first-order valence-electron chi connectivity index (χ1n) is 19.0. The van der Waals surface area contributed by atoms with Gasteiger partial charge in [-0.2, -0.15) is 0 Å². The fourth-order valence-corrected chi connectivity index (χ4v) is 9.68. The summed E-state index contributed by atoms with van der Waals surface area (Å²) >= 11 is 1.85. The fraction of sp³-hybridized carbons (Fsp3) is 0. The quantitative estimate of drug-likeness (QED) is 0.176. The second-order valence-electron chi connectivity index (χ2n) is 14.4. The minimum Gasteiger partial charge on any atom is -0.456 e. The Bertz CT molecular complexity index is 3530. The number of hydrogen-bond acceptors (Lipinski definition) is 5. The SMILES string of the molecule is c1ccc(-c2nc(-c3ccc4c(c3)oc3ccc(-c5cccc6c5sc5ccccc56)cc34)nc(-c3cccc4c5ccccc5n(-c5ccccc5)c34)n2)cc1. The van der Waals surface area contributed by atoms with Crippen LogP contribution >= 0.6 is 11.3 Å². The first-order valence-corrected chi connectivity index (χ1v) is 19.8. The van der Waals surface area contributed by atoms with Gasteiger partial charge >= 0.3 is 0 Å². The first-order chi connectivity index (χ1) is 28.2. The molecule has 0 aliphatic heterocycles. The van der Waals surface area contributed by atoms with Crippen molar-refractivity contribution in [2.24, 2.45) is 0 Å². The molecule has 12 aromatic rings.